The van der Waals surface area contributed by atoms with Gasteiger partial charge in [0, 0.05) is 10.7 Å². The second kappa shape index (κ2) is 12.4. The van der Waals surface area contributed by atoms with Crippen LogP contribution in [0.5, 0.6) is 23.0 Å². The van der Waals surface area contributed by atoms with E-state index in [4.69, 9.17) is 23.1 Å². The number of hydrogen-bond donors (Lipinski definition) is 0. The van der Waals surface area contributed by atoms with E-state index in [-0.39, 0.29) is 0 Å². The number of methoxy groups -OCH3 is 4. The van der Waals surface area contributed by atoms with Gasteiger partial charge >= 0.3 is 0 Å². The second-order valence-electron chi connectivity index (χ2n) is 8.12. The van der Waals surface area contributed by atoms with Crippen molar-refractivity contribution in [2.75, 3.05) is 48.6 Å². The standard InChI is InChI=1S/C27H38N2O4/c1-20(2)27(19-28,22-10-12-24(31-5)26(18-22)33-7)14-8-15-29(3)16-13-21-9-11-23(30-4)25(17-21)32-6/h9-12,17-18,20H,8,13-16H2,1-7H3/i1D2,20D. The molecule has 2 unspecified atom stereocenters. The first-order chi connectivity index (χ1) is 17.1. The van der Waals surface area contributed by atoms with Crippen LogP contribution in [-0.4, -0.2) is 53.5 Å². The van der Waals surface area contributed by atoms with Crippen LogP contribution in [0.25, 0.3) is 0 Å². The van der Waals surface area contributed by atoms with E-state index in [2.05, 4.69) is 11.0 Å². The van der Waals surface area contributed by atoms with Gasteiger partial charge in [0.2, 0.25) is 0 Å². The number of nitrogens with zero attached hydrogens (tertiary/aromatic N) is 2. The molecule has 0 aliphatic heterocycles. The van der Waals surface area contributed by atoms with Crippen molar-refractivity contribution in [2.24, 2.45) is 5.89 Å². The Labute approximate surface area is 203 Å². The molecule has 0 amide bonds. The van der Waals surface area contributed by atoms with Gasteiger partial charge in [-0.3, -0.25) is 0 Å². The first kappa shape index (κ1) is 21.9. The Bertz CT molecular complexity index is 1040. The maximum Gasteiger partial charge on any atom is 0.161 e. The van der Waals surface area contributed by atoms with Crippen LogP contribution in [0.1, 0.15) is 41.9 Å². The van der Waals surface area contributed by atoms with Crippen molar-refractivity contribution >= 4 is 0 Å². The van der Waals surface area contributed by atoms with E-state index in [0.29, 0.717) is 47.9 Å². The maximum absolute atomic E-state index is 10.4. The maximum atomic E-state index is 10.4. The van der Waals surface area contributed by atoms with Gasteiger partial charge in [0.25, 0.3) is 0 Å². The molecule has 0 heterocycles. The molecule has 0 fully saturated rings. The van der Waals surface area contributed by atoms with Gasteiger partial charge in [-0.25, -0.2) is 0 Å². The van der Waals surface area contributed by atoms with Gasteiger partial charge in [0.15, 0.2) is 23.0 Å². The molecule has 2 rings (SSSR count). The highest BCUT2D eigenvalue weighted by atomic mass is 16.5. The Balaban J connectivity index is 2.18. The highest BCUT2D eigenvalue weighted by Gasteiger charge is 2.36. The van der Waals surface area contributed by atoms with Crippen LogP contribution >= 0.6 is 0 Å². The fraction of sp³-hybridized carbons (Fsp3) is 0.519. The first-order valence-electron chi connectivity index (χ1n) is 12.6. The number of ether oxygens (including phenoxy) is 4. The fourth-order valence-corrected chi connectivity index (χ4v) is 3.96. The summed E-state index contributed by atoms with van der Waals surface area (Å²) >= 11 is 0. The second-order valence-corrected chi connectivity index (χ2v) is 8.12. The third-order valence-electron chi connectivity index (χ3n) is 6.06. The summed E-state index contributed by atoms with van der Waals surface area (Å²) in [5.74, 6) is 0.686. The van der Waals surface area contributed by atoms with E-state index < -0.39 is 18.2 Å². The third-order valence-corrected chi connectivity index (χ3v) is 6.06. The van der Waals surface area contributed by atoms with Gasteiger partial charge < -0.3 is 23.8 Å². The average Bonchev–Trinajstić information content (AvgIpc) is 2.89. The Kier molecular flexibility index (Phi) is 8.21. The Morgan fingerprint density at radius 2 is 1.58 bits per heavy atom. The predicted molar refractivity (Wildman–Crippen MR) is 132 cm³/mol. The molecule has 0 saturated carbocycles. The Morgan fingerprint density at radius 1 is 0.970 bits per heavy atom. The van der Waals surface area contributed by atoms with Crippen LogP contribution in [0.15, 0.2) is 36.4 Å². The van der Waals surface area contributed by atoms with E-state index in [1.165, 1.54) is 21.1 Å². The van der Waals surface area contributed by atoms with Crippen molar-refractivity contribution in [3.8, 4) is 29.1 Å². The summed E-state index contributed by atoms with van der Waals surface area (Å²) in [5.41, 5.74) is 0.309. The molecule has 6 heteroatoms. The van der Waals surface area contributed by atoms with Crippen LogP contribution in [0.2, 0.25) is 0 Å². The summed E-state index contributed by atoms with van der Waals surface area (Å²) in [4.78, 5) is 2.17. The summed E-state index contributed by atoms with van der Waals surface area (Å²) in [6, 6.07) is 13.3. The van der Waals surface area contributed by atoms with E-state index in [0.717, 1.165) is 18.5 Å². The zero-order valence-corrected chi connectivity index (χ0v) is 20.6. The molecule has 180 valence electrons. The number of benzene rings is 2. The zero-order valence-electron chi connectivity index (χ0n) is 23.6. The molecule has 0 aliphatic carbocycles. The molecule has 0 aliphatic rings. The number of rotatable bonds is 13. The van der Waals surface area contributed by atoms with Crippen LogP contribution < -0.4 is 18.9 Å². The lowest BCUT2D eigenvalue weighted by atomic mass is 9.69. The average molecular weight is 458 g/mol. The first-order valence-corrected chi connectivity index (χ1v) is 11.0. The van der Waals surface area contributed by atoms with Gasteiger partial charge in [-0.1, -0.05) is 25.9 Å². The van der Waals surface area contributed by atoms with Crippen LogP contribution in [0.3, 0.4) is 0 Å². The van der Waals surface area contributed by atoms with Gasteiger partial charge in [-0.05, 0) is 74.1 Å². The normalized spacial score (nSPS) is 16.0. The summed E-state index contributed by atoms with van der Waals surface area (Å²) < 4.78 is 46.4. The largest absolute Gasteiger partial charge is 0.493 e. The molecule has 33 heavy (non-hydrogen) atoms. The van der Waals surface area contributed by atoms with Crippen molar-refractivity contribution in [1.82, 2.24) is 4.90 Å². The Hall–Kier alpha value is -2.91. The highest BCUT2D eigenvalue weighted by molar-refractivity contribution is 5.47. The van der Waals surface area contributed by atoms with E-state index in [9.17, 15) is 5.26 Å². The van der Waals surface area contributed by atoms with Crippen LogP contribution in [0, 0.1) is 17.2 Å². The summed E-state index contributed by atoms with van der Waals surface area (Å²) in [5, 5.41) is 10.4. The minimum absolute atomic E-state index is 0.327. The molecule has 2 aromatic rings. The fourth-order valence-electron chi connectivity index (χ4n) is 3.96. The highest BCUT2D eigenvalue weighted by Crippen LogP contribution is 2.40. The van der Waals surface area contributed by atoms with Gasteiger partial charge in [-0.15, -0.1) is 0 Å². The van der Waals surface area contributed by atoms with Crippen molar-refractivity contribution in [2.45, 2.75) is 38.5 Å². The van der Waals surface area contributed by atoms with E-state index in [1.807, 2.05) is 25.2 Å². The molecular weight excluding hydrogens is 416 g/mol. The lowest BCUT2D eigenvalue weighted by Crippen LogP contribution is -2.32. The summed E-state index contributed by atoms with van der Waals surface area (Å²) in [6.45, 7) is 1.47. The molecule has 6 nitrogen and oxygen atoms in total. The van der Waals surface area contributed by atoms with Gasteiger partial charge in [0.1, 0.15) is 0 Å². The van der Waals surface area contributed by atoms with Crippen molar-refractivity contribution in [3.63, 3.8) is 0 Å². The topological polar surface area (TPSA) is 64.0 Å². The van der Waals surface area contributed by atoms with E-state index in [1.54, 1.807) is 32.4 Å². The summed E-state index contributed by atoms with van der Waals surface area (Å²) in [7, 11) is 8.29. The molecule has 0 bridgehead atoms. The SMILES string of the molecule is [2H]C([2H])C([2H])(C)C(C#N)(CCCN(C)CCc1ccc(OC)c(OC)c1)c1ccc(OC)c(OC)c1. The molecule has 0 saturated heterocycles. The molecule has 0 aromatic heterocycles. The Morgan fingerprint density at radius 3 is 2.15 bits per heavy atom. The smallest absolute Gasteiger partial charge is 0.161 e. The third kappa shape index (κ3) is 6.33. The zero-order chi connectivity index (χ0) is 26.9. The van der Waals surface area contributed by atoms with Crippen molar-refractivity contribution < 1.29 is 23.1 Å². The van der Waals surface area contributed by atoms with Gasteiger partial charge in [-0.2, -0.15) is 5.26 Å². The van der Waals surface area contributed by atoms with E-state index >= 15 is 0 Å². The minimum Gasteiger partial charge on any atom is -0.493 e. The molecule has 2 atom stereocenters. The quantitative estimate of drug-likeness (QED) is 0.417. The lowest BCUT2D eigenvalue weighted by molar-refractivity contribution is 0.292. The minimum atomic E-state index is -1.67. The monoisotopic (exact) mass is 457 g/mol. The van der Waals surface area contributed by atoms with Crippen LogP contribution in [0.4, 0.5) is 0 Å². The number of hydrogen-bond acceptors (Lipinski definition) is 6. The van der Waals surface area contributed by atoms with Gasteiger partial charge in [0.05, 0.1) is 39.9 Å². The van der Waals surface area contributed by atoms with Crippen molar-refractivity contribution in [1.29, 1.82) is 5.26 Å². The molecule has 0 spiro atoms. The molecule has 0 radical (unpaired) electrons. The lowest BCUT2D eigenvalue weighted by Gasteiger charge is -2.32. The predicted octanol–water partition coefficient (Wildman–Crippen LogP) is 5.09. The summed E-state index contributed by atoms with van der Waals surface area (Å²) in [6.07, 6.45) is 1.76. The van der Waals surface area contributed by atoms with Crippen molar-refractivity contribution in [3.05, 3.63) is 47.5 Å². The number of nitriles is 1. The number of likely N-dealkylation sites (N-methyl/N-ethyl adjacent to an activating group) is 1. The van der Waals surface area contributed by atoms with Crippen LogP contribution in [-0.2, 0) is 11.8 Å². The molecule has 0 N–H and O–H groups in total. The molecular formula is C27H38N2O4. The molecule has 2 aromatic carbocycles.